The maximum absolute atomic E-state index is 6.04. The molecule has 0 aliphatic heterocycles. The molecular formula is C13H19NO2. The fourth-order valence-corrected chi connectivity index (χ4v) is 1.52. The van der Waals surface area contributed by atoms with Crippen LogP contribution in [0, 0.1) is 0 Å². The van der Waals surface area contributed by atoms with Gasteiger partial charge < -0.3 is 15.2 Å². The van der Waals surface area contributed by atoms with Crippen molar-refractivity contribution >= 4 is 0 Å². The summed E-state index contributed by atoms with van der Waals surface area (Å²) in [5.41, 5.74) is 8.25. The molecule has 0 aromatic heterocycles. The second-order valence-corrected chi connectivity index (χ2v) is 3.88. The Labute approximate surface area is 96.9 Å². The molecule has 1 aromatic carbocycles. The molecule has 0 amide bonds. The van der Waals surface area contributed by atoms with Crippen LogP contribution in [0.3, 0.4) is 0 Å². The molecule has 0 bridgehead atoms. The molecule has 0 saturated heterocycles. The fraction of sp³-hybridized carbons (Fsp3) is 0.385. The number of hydrogen-bond donors (Lipinski definition) is 1. The average molecular weight is 221 g/mol. The van der Waals surface area contributed by atoms with Crippen LogP contribution in [0.2, 0.25) is 0 Å². The van der Waals surface area contributed by atoms with Gasteiger partial charge in [0.2, 0.25) is 0 Å². The van der Waals surface area contributed by atoms with Crippen LogP contribution in [0.1, 0.15) is 25.5 Å². The Morgan fingerprint density at radius 2 is 1.81 bits per heavy atom. The molecule has 0 spiro atoms. The summed E-state index contributed by atoms with van der Waals surface area (Å²) in [7, 11) is 3.24. The zero-order valence-corrected chi connectivity index (χ0v) is 10.3. The first-order chi connectivity index (χ1) is 7.58. The molecule has 2 N–H and O–H groups in total. The van der Waals surface area contributed by atoms with Crippen molar-refractivity contribution in [1.82, 2.24) is 0 Å². The van der Waals surface area contributed by atoms with E-state index in [1.807, 2.05) is 38.1 Å². The quantitative estimate of drug-likeness (QED) is 0.795. The average Bonchev–Trinajstić information content (AvgIpc) is 2.27. The van der Waals surface area contributed by atoms with Gasteiger partial charge >= 0.3 is 0 Å². The highest BCUT2D eigenvalue weighted by atomic mass is 16.5. The van der Waals surface area contributed by atoms with Crippen LogP contribution in [0.25, 0.3) is 0 Å². The molecule has 0 saturated carbocycles. The molecule has 16 heavy (non-hydrogen) atoms. The second-order valence-electron chi connectivity index (χ2n) is 3.88. The highest BCUT2D eigenvalue weighted by Gasteiger charge is 2.08. The van der Waals surface area contributed by atoms with Crippen molar-refractivity contribution in [2.75, 3.05) is 14.2 Å². The minimum atomic E-state index is -0.107. The van der Waals surface area contributed by atoms with Gasteiger partial charge in [-0.05, 0) is 31.5 Å². The van der Waals surface area contributed by atoms with E-state index < -0.39 is 0 Å². The van der Waals surface area contributed by atoms with Crippen molar-refractivity contribution in [1.29, 1.82) is 0 Å². The summed E-state index contributed by atoms with van der Waals surface area (Å²) in [4.78, 5) is 0. The number of rotatable bonds is 4. The molecular weight excluding hydrogens is 202 g/mol. The third kappa shape index (κ3) is 3.00. The minimum Gasteiger partial charge on any atom is -0.493 e. The van der Waals surface area contributed by atoms with Gasteiger partial charge in [0.15, 0.2) is 11.5 Å². The number of hydrogen-bond acceptors (Lipinski definition) is 3. The Hall–Kier alpha value is -1.48. The maximum atomic E-state index is 6.04. The van der Waals surface area contributed by atoms with E-state index in [-0.39, 0.29) is 6.04 Å². The van der Waals surface area contributed by atoms with Crippen molar-refractivity contribution in [2.45, 2.75) is 19.9 Å². The van der Waals surface area contributed by atoms with Gasteiger partial charge in [0.25, 0.3) is 0 Å². The predicted octanol–water partition coefficient (Wildman–Crippen LogP) is 2.67. The first-order valence-corrected chi connectivity index (χ1v) is 5.21. The van der Waals surface area contributed by atoms with E-state index in [1.165, 1.54) is 5.57 Å². The van der Waals surface area contributed by atoms with Crippen molar-refractivity contribution in [3.05, 3.63) is 35.4 Å². The highest BCUT2D eigenvalue weighted by Crippen LogP contribution is 2.29. The topological polar surface area (TPSA) is 44.5 Å². The summed E-state index contributed by atoms with van der Waals surface area (Å²) in [6, 6.07) is 5.62. The van der Waals surface area contributed by atoms with Crippen LogP contribution in [0.15, 0.2) is 29.8 Å². The van der Waals surface area contributed by atoms with E-state index in [4.69, 9.17) is 15.2 Å². The van der Waals surface area contributed by atoms with E-state index in [2.05, 4.69) is 0 Å². The molecule has 0 fully saturated rings. The lowest BCUT2D eigenvalue weighted by Gasteiger charge is -2.12. The standard InChI is InChI=1S/C13H19NO2/c1-9(2)7-11(14)10-5-6-12(15-3)13(8-10)16-4/h5-8,11H,14H2,1-4H3. The molecule has 1 aromatic rings. The number of methoxy groups -OCH3 is 2. The largest absolute Gasteiger partial charge is 0.493 e. The zero-order valence-electron chi connectivity index (χ0n) is 10.3. The minimum absolute atomic E-state index is 0.107. The second kappa shape index (κ2) is 5.56. The number of allylic oxidation sites excluding steroid dienone is 1. The van der Waals surface area contributed by atoms with E-state index in [1.54, 1.807) is 14.2 Å². The monoisotopic (exact) mass is 221 g/mol. The maximum Gasteiger partial charge on any atom is 0.161 e. The molecule has 1 atom stereocenters. The smallest absolute Gasteiger partial charge is 0.161 e. The van der Waals surface area contributed by atoms with Crippen molar-refractivity contribution in [2.24, 2.45) is 5.73 Å². The zero-order chi connectivity index (χ0) is 12.1. The summed E-state index contributed by atoms with van der Waals surface area (Å²) >= 11 is 0. The molecule has 0 aliphatic rings. The molecule has 3 heteroatoms. The van der Waals surface area contributed by atoms with Gasteiger partial charge in [0.05, 0.1) is 14.2 Å². The number of benzene rings is 1. The van der Waals surface area contributed by atoms with Crippen LogP contribution >= 0.6 is 0 Å². The summed E-state index contributed by atoms with van der Waals surface area (Å²) in [6.45, 7) is 4.06. The lowest BCUT2D eigenvalue weighted by Crippen LogP contribution is -2.07. The van der Waals surface area contributed by atoms with E-state index in [0.717, 1.165) is 11.3 Å². The summed E-state index contributed by atoms with van der Waals surface area (Å²) in [6.07, 6.45) is 2.02. The Balaban J connectivity index is 3.03. The molecule has 1 rings (SSSR count). The SMILES string of the molecule is COc1ccc(C(N)C=C(C)C)cc1OC. The normalized spacial score (nSPS) is 11.8. The van der Waals surface area contributed by atoms with Gasteiger partial charge in [-0.2, -0.15) is 0 Å². The third-order valence-electron chi connectivity index (χ3n) is 2.31. The van der Waals surface area contributed by atoms with Gasteiger partial charge in [-0.3, -0.25) is 0 Å². The lowest BCUT2D eigenvalue weighted by molar-refractivity contribution is 0.354. The Bertz CT molecular complexity index is 382. The van der Waals surface area contributed by atoms with Crippen molar-refractivity contribution < 1.29 is 9.47 Å². The van der Waals surface area contributed by atoms with Crippen LogP contribution < -0.4 is 15.2 Å². The summed E-state index contributed by atoms with van der Waals surface area (Å²) in [5, 5.41) is 0. The number of ether oxygens (including phenoxy) is 2. The Morgan fingerprint density at radius 1 is 1.19 bits per heavy atom. The molecule has 0 aliphatic carbocycles. The number of nitrogens with two attached hydrogens (primary N) is 1. The first kappa shape index (κ1) is 12.6. The van der Waals surface area contributed by atoms with Gasteiger partial charge in [-0.1, -0.05) is 17.7 Å². The van der Waals surface area contributed by atoms with Crippen LogP contribution in [0.4, 0.5) is 0 Å². The molecule has 0 heterocycles. The van der Waals surface area contributed by atoms with Crippen LogP contribution in [-0.4, -0.2) is 14.2 Å². The van der Waals surface area contributed by atoms with Crippen LogP contribution in [-0.2, 0) is 0 Å². The summed E-state index contributed by atoms with van der Waals surface area (Å²) < 4.78 is 10.4. The molecule has 1 unspecified atom stereocenters. The van der Waals surface area contributed by atoms with E-state index in [0.29, 0.717) is 5.75 Å². The van der Waals surface area contributed by atoms with Crippen molar-refractivity contribution in [3.63, 3.8) is 0 Å². The van der Waals surface area contributed by atoms with E-state index >= 15 is 0 Å². The molecule has 3 nitrogen and oxygen atoms in total. The Morgan fingerprint density at radius 3 is 2.31 bits per heavy atom. The first-order valence-electron chi connectivity index (χ1n) is 5.21. The van der Waals surface area contributed by atoms with Gasteiger partial charge in [-0.25, -0.2) is 0 Å². The molecule has 88 valence electrons. The predicted molar refractivity (Wildman–Crippen MR) is 65.9 cm³/mol. The van der Waals surface area contributed by atoms with Crippen LogP contribution in [0.5, 0.6) is 11.5 Å². The van der Waals surface area contributed by atoms with Gasteiger partial charge in [-0.15, -0.1) is 0 Å². The third-order valence-corrected chi connectivity index (χ3v) is 2.31. The highest BCUT2D eigenvalue weighted by molar-refractivity contribution is 5.44. The summed E-state index contributed by atoms with van der Waals surface area (Å²) in [5.74, 6) is 1.42. The fourth-order valence-electron chi connectivity index (χ4n) is 1.52. The lowest BCUT2D eigenvalue weighted by atomic mass is 10.0. The van der Waals surface area contributed by atoms with Gasteiger partial charge in [0.1, 0.15) is 0 Å². The molecule has 0 radical (unpaired) electrons. The van der Waals surface area contributed by atoms with Crippen molar-refractivity contribution in [3.8, 4) is 11.5 Å². The van der Waals surface area contributed by atoms with E-state index in [9.17, 15) is 0 Å². The Kier molecular flexibility index (Phi) is 4.38. The van der Waals surface area contributed by atoms with Gasteiger partial charge in [0, 0.05) is 6.04 Å².